The molecule has 16 heavy (non-hydrogen) atoms. The summed E-state index contributed by atoms with van der Waals surface area (Å²) >= 11 is 0. The summed E-state index contributed by atoms with van der Waals surface area (Å²) in [7, 11) is 0. The fourth-order valence-electron chi connectivity index (χ4n) is 1.81. The van der Waals surface area contributed by atoms with Crippen molar-refractivity contribution < 1.29 is 4.74 Å². The van der Waals surface area contributed by atoms with E-state index in [4.69, 9.17) is 4.74 Å². The summed E-state index contributed by atoms with van der Waals surface area (Å²) in [5, 5.41) is 0. The zero-order valence-corrected chi connectivity index (χ0v) is 10.3. The molecule has 0 amide bonds. The Morgan fingerprint density at radius 2 is 1.88 bits per heavy atom. The van der Waals surface area contributed by atoms with Crippen LogP contribution in [0.1, 0.15) is 13.8 Å². The van der Waals surface area contributed by atoms with Gasteiger partial charge in [-0.05, 0) is 25.0 Å². The second-order valence-corrected chi connectivity index (χ2v) is 3.97. The van der Waals surface area contributed by atoms with E-state index in [1.165, 1.54) is 11.3 Å². The first kappa shape index (κ1) is 12.8. The molecule has 1 fully saturated rings. The van der Waals surface area contributed by atoms with Crippen LogP contribution in [0.25, 0.3) is 0 Å². The molecule has 0 aromatic heterocycles. The van der Waals surface area contributed by atoms with Crippen LogP contribution in [0.15, 0.2) is 48.2 Å². The molecule has 1 aliphatic heterocycles. The summed E-state index contributed by atoms with van der Waals surface area (Å²) in [6, 6.07) is 0. The zero-order chi connectivity index (χ0) is 12.0. The Morgan fingerprint density at radius 1 is 1.25 bits per heavy atom. The molecule has 0 bridgehead atoms. The summed E-state index contributed by atoms with van der Waals surface area (Å²) in [6.07, 6.45) is 5.81. The fourth-order valence-corrected chi connectivity index (χ4v) is 1.81. The van der Waals surface area contributed by atoms with Crippen molar-refractivity contribution in [1.29, 1.82) is 0 Å². The van der Waals surface area contributed by atoms with Crippen molar-refractivity contribution in [2.45, 2.75) is 13.8 Å². The summed E-state index contributed by atoms with van der Waals surface area (Å²) < 4.78 is 5.35. The van der Waals surface area contributed by atoms with Crippen molar-refractivity contribution >= 4 is 0 Å². The van der Waals surface area contributed by atoms with Gasteiger partial charge in [0.15, 0.2) is 0 Å². The highest BCUT2D eigenvalue weighted by Gasteiger charge is 2.13. The minimum atomic E-state index is 0.811. The molecule has 0 atom stereocenters. The average Bonchev–Trinajstić information content (AvgIpc) is 2.30. The first-order valence-corrected chi connectivity index (χ1v) is 5.65. The van der Waals surface area contributed by atoms with Crippen LogP contribution in [0.3, 0.4) is 0 Å². The van der Waals surface area contributed by atoms with Crippen LogP contribution in [-0.2, 0) is 4.74 Å². The highest BCUT2D eigenvalue weighted by molar-refractivity contribution is 5.40. The van der Waals surface area contributed by atoms with Crippen molar-refractivity contribution in [2.24, 2.45) is 0 Å². The Morgan fingerprint density at radius 3 is 2.38 bits per heavy atom. The van der Waals surface area contributed by atoms with Gasteiger partial charge in [0.05, 0.1) is 13.2 Å². The third-order valence-corrected chi connectivity index (χ3v) is 2.73. The lowest BCUT2D eigenvalue weighted by atomic mass is 10.1. The monoisotopic (exact) mass is 219 g/mol. The van der Waals surface area contributed by atoms with Gasteiger partial charge >= 0.3 is 0 Å². The molecule has 1 saturated heterocycles. The van der Waals surface area contributed by atoms with Crippen LogP contribution < -0.4 is 0 Å². The predicted octanol–water partition coefficient (Wildman–Crippen LogP) is 2.91. The molecule has 0 aromatic carbocycles. The number of ether oxygens (including phenoxy) is 1. The minimum Gasteiger partial charge on any atom is -0.378 e. The Bertz CT molecular complexity index is 320. The molecule has 0 aromatic rings. The van der Waals surface area contributed by atoms with Crippen LogP contribution in [0.5, 0.6) is 0 Å². The number of allylic oxidation sites excluding steroid dienone is 6. The van der Waals surface area contributed by atoms with Gasteiger partial charge in [-0.2, -0.15) is 0 Å². The van der Waals surface area contributed by atoms with Crippen molar-refractivity contribution in [3.05, 3.63) is 48.2 Å². The molecule has 0 N–H and O–H groups in total. The van der Waals surface area contributed by atoms with E-state index in [0.717, 1.165) is 31.9 Å². The highest BCUT2D eigenvalue weighted by Crippen LogP contribution is 2.19. The maximum Gasteiger partial charge on any atom is 0.0642 e. The Hall–Kier alpha value is -1.28. The number of hydrogen-bond donors (Lipinski definition) is 0. The van der Waals surface area contributed by atoms with E-state index in [-0.39, 0.29) is 0 Å². The normalized spacial score (nSPS) is 18.5. The summed E-state index contributed by atoms with van der Waals surface area (Å²) in [6.45, 7) is 15.4. The van der Waals surface area contributed by atoms with Gasteiger partial charge < -0.3 is 9.64 Å². The maximum absolute atomic E-state index is 5.35. The van der Waals surface area contributed by atoms with Crippen LogP contribution in [-0.4, -0.2) is 31.2 Å². The van der Waals surface area contributed by atoms with Gasteiger partial charge in [-0.25, -0.2) is 0 Å². The lowest BCUT2D eigenvalue weighted by Crippen LogP contribution is -2.35. The highest BCUT2D eigenvalue weighted by atomic mass is 16.5. The van der Waals surface area contributed by atoms with Gasteiger partial charge in [-0.3, -0.25) is 0 Å². The maximum atomic E-state index is 5.35. The van der Waals surface area contributed by atoms with Crippen LogP contribution >= 0.6 is 0 Å². The van der Waals surface area contributed by atoms with Gasteiger partial charge in [0.1, 0.15) is 0 Å². The minimum absolute atomic E-state index is 0.811. The molecule has 0 unspecified atom stereocenters. The summed E-state index contributed by atoms with van der Waals surface area (Å²) in [5.41, 5.74) is 3.55. The first-order chi connectivity index (χ1) is 7.66. The second kappa shape index (κ2) is 6.33. The second-order valence-electron chi connectivity index (χ2n) is 3.97. The molecular weight excluding hydrogens is 198 g/mol. The molecule has 0 saturated carbocycles. The summed E-state index contributed by atoms with van der Waals surface area (Å²) in [5.74, 6) is 0. The lowest BCUT2D eigenvalue weighted by Gasteiger charge is -2.31. The van der Waals surface area contributed by atoms with Crippen molar-refractivity contribution in [3.63, 3.8) is 0 Å². The largest absolute Gasteiger partial charge is 0.378 e. The third-order valence-electron chi connectivity index (χ3n) is 2.73. The standard InChI is InChI=1S/C14H21NO/c1-5-6-7-14(12(2)3)13(4)15-8-10-16-11-9-15/h5-7H,1-2,8-11H2,3-4H3/b7-6-,14-13+. The van der Waals surface area contributed by atoms with E-state index in [9.17, 15) is 0 Å². The zero-order valence-electron chi connectivity index (χ0n) is 10.3. The lowest BCUT2D eigenvalue weighted by molar-refractivity contribution is 0.0534. The quantitative estimate of drug-likeness (QED) is 0.674. The van der Waals surface area contributed by atoms with Crippen molar-refractivity contribution in [3.8, 4) is 0 Å². The van der Waals surface area contributed by atoms with Crippen LogP contribution in [0.4, 0.5) is 0 Å². The summed E-state index contributed by atoms with van der Waals surface area (Å²) in [4.78, 5) is 2.35. The number of morpholine rings is 1. The van der Waals surface area contributed by atoms with E-state index in [1.807, 2.05) is 13.0 Å². The topological polar surface area (TPSA) is 12.5 Å². The van der Waals surface area contributed by atoms with E-state index in [0.29, 0.717) is 0 Å². The van der Waals surface area contributed by atoms with E-state index < -0.39 is 0 Å². The molecule has 2 nitrogen and oxygen atoms in total. The Labute approximate surface area is 98.6 Å². The van der Waals surface area contributed by atoms with E-state index in [1.54, 1.807) is 6.08 Å². The number of nitrogens with zero attached hydrogens (tertiary/aromatic N) is 1. The third kappa shape index (κ3) is 3.38. The SMILES string of the molecule is C=C/C=C\C(C(=C)C)=C(\C)N1CCOCC1. The average molecular weight is 219 g/mol. The van der Waals surface area contributed by atoms with Gasteiger partial charge in [-0.15, -0.1) is 0 Å². The molecule has 1 aliphatic rings. The van der Waals surface area contributed by atoms with E-state index in [2.05, 4.69) is 31.1 Å². The molecule has 1 heterocycles. The van der Waals surface area contributed by atoms with E-state index >= 15 is 0 Å². The molecule has 0 aliphatic carbocycles. The van der Waals surface area contributed by atoms with Crippen molar-refractivity contribution in [2.75, 3.05) is 26.3 Å². The Kier molecular flexibility index (Phi) is 5.06. The first-order valence-electron chi connectivity index (χ1n) is 5.65. The molecule has 0 radical (unpaired) electrons. The smallest absolute Gasteiger partial charge is 0.0642 e. The number of rotatable bonds is 4. The van der Waals surface area contributed by atoms with Crippen LogP contribution in [0.2, 0.25) is 0 Å². The van der Waals surface area contributed by atoms with Gasteiger partial charge in [0.2, 0.25) is 0 Å². The fraction of sp³-hybridized carbons (Fsp3) is 0.429. The van der Waals surface area contributed by atoms with Gasteiger partial charge in [0, 0.05) is 18.8 Å². The van der Waals surface area contributed by atoms with Gasteiger partial charge in [-0.1, -0.05) is 31.4 Å². The van der Waals surface area contributed by atoms with Crippen LogP contribution in [0, 0.1) is 0 Å². The number of hydrogen-bond acceptors (Lipinski definition) is 2. The Balaban J connectivity index is 2.89. The molecule has 2 heteroatoms. The molecule has 1 rings (SSSR count). The predicted molar refractivity (Wildman–Crippen MR) is 69.2 cm³/mol. The molecule has 88 valence electrons. The van der Waals surface area contributed by atoms with Crippen molar-refractivity contribution in [1.82, 2.24) is 4.90 Å². The molecular formula is C14H21NO. The molecule has 0 spiro atoms. The van der Waals surface area contributed by atoms with Gasteiger partial charge in [0.25, 0.3) is 0 Å².